The summed E-state index contributed by atoms with van der Waals surface area (Å²) in [6.07, 6.45) is 2.91. The van der Waals surface area contributed by atoms with E-state index in [1.54, 1.807) is 7.05 Å². The fourth-order valence-electron chi connectivity index (χ4n) is 1.46. The van der Waals surface area contributed by atoms with Gasteiger partial charge in [0, 0.05) is 40.4 Å². The van der Waals surface area contributed by atoms with Crippen LogP contribution in [0.15, 0.2) is 23.3 Å². The van der Waals surface area contributed by atoms with E-state index in [1.165, 1.54) is 5.56 Å². The summed E-state index contributed by atoms with van der Waals surface area (Å²) in [6, 6.07) is 4.08. The monoisotopic (exact) mass is 249 g/mol. The van der Waals surface area contributed by atoms with Crippen molar-refractivity contribution in [3.63, 3.8) is 0 Å². The molecule has 5 heteroatoms. The molecule has 1 rings (SSSR count). The number of pyridine rings is 1. The highest BCUT2D eigenvalue weighted by Crippen LogP contribution is 2.08. The predicted octanol–water partition coefficient (Wildman–Crippen LogP) is 1.22. The molecule has 0 saturated heterocycles. The molecule has 5 nitrogen and oxygen atoms in total. The van der Waals surface area contributed by atoms with Gasteiger partial charge in [0.15, 0.2) is 5.96 Å². The van der Waals surface area contributed by atoms with Gasteiger partial charge in [-0.1, -0.05) is 6.92 Å². The number of hydrogen-bond acceptors (Lipinski definition) is 3. The average Bonchev–Trinajstić information content (AvgIpc) is 2.39. The Morgan fingerprint density at radius 1 is 1.39 bits per heavy atom. The lowest BCUT2D eigenvalue weighted by Gasteiger charge is -2.14. The van der Waals surface area contributed by atoms with Gasteiger partial charge in [-0.15, -0.1) is 0 Å². The number of anilines is 1. The van der Waals surface area contributed by atoms with Crippen molar-refractivity contribution in [1.82, 2.24) is 15.6 Å². The number of hydrogen-bond donors (Lipinski definition) is 2. The second kappa shape index (κ2) is 7.53. The zero-order valence-corrected chi connectivity index (χ0v) is 11.7. The van der Waals surface area contributed by atoms with Gasteiger partial charge in [-0.25, -0.2) is 4.98 Å². The van der Waals surface area contributed by atoms with Gasteiger partial charge < -0.3 is 15.5 Å². The zero-order valence-electron chi connectivity index (χ0n) is 11.7. The average molecular weight is 249 g/mol. The van der Waals surface area contributed by atoms with Crippen molar-refractivity contribution < 1.29 is 0 Å². The molecule has 0 saturated carbocycles. The Morgan fingerprint density at radius 3 is 2.78 bits per heavy atom. The van der Waals surface area contributed by atoms with E-state index in [-0.39, 0.29) is 0 Å². The zero-order chi connectivity index (χ0) is 13.4. The van der Waals surface area contributed by atoms with Gasteiger partial charge in [0.05, 0.1) is 0 Å². The van der Waals surface area contributed by atoms with Crippen LogP contribution in [0.1, 0.15) is 18.9 Å². The third-order valence-corrected chi connectivity index (χ3v) is 2.49. The Kier molecular flexibility index (Phi) is 5.97. The highest BCUT2D eigenvalue weighted by Gasteiger charge is 2.00. The molecule has 0 radical (unpaired) electrons. The van der Waals surface area contributed by atoms with Crippen LogP contribution in [0.4, 0.5) is 5.82 Å². The summed E-state index contributed by atoms with van der Waals surface area (Å²) in [5.74, 6) is 1.80. The molecule has 0 bridgehead atoms. The summed E-state index contributed by atoms with van der Waals surface area (Å²) in [5, 5.41) is 6.52. The van der Waals surface area contributed by atoms with Crippen molar-refractivity contribution in [1.29, 1.82) is 0 Å². The van der Waals surface area contributed by atoms with Crippen LogP contribution in [-0.2, 0) is 6.54 Å². The van der Waals surface area contributed by atoms with Gasteiger partial charge in [0.25, 0.3) is 0 Å². The van der Waals surface area contributed by atoms with Crippen LogP contribution >= 0.6 is 0 Å². The molecule has 1 heterocycles. The van der Waals surface area contributed by atoms with E-state index in [1.807, 2.05) is 31.3 Å². The minimum absolute atomic E-state index is 0.743. The van der Waals surface area contributed by atoms with Crippen molar-refractivity contribution in [3.05, 3.63) is 23.9 Å². The number of rotatable bonds is 5. The molecule has 0 unspecified atom stereocenters. The summed E-state index contributed by atoms with van der Waals surface area (Å²) in [4.78, 5) is 10.4. The molecular formula is C13H23N5. The summed E-state index contributed by atoms with van der Waals surface area (Å²) >= 11 is 0. The fraction of sp³-hybridized carbons (Fsp3) is 0.538. The second-order valence-corrected chi connectivity index (χ2v) is 4.27. The lowest BCUT2D eigenvalue weighted by Crippen LogP contribution is -2.37. The van der Waals surface area contributed by atoms with Crippen LogP contribution < -0.4 is 15.5 Å². The Hall–Kier alpha value is -1.78. The topological polar surface area (TPSA) is 52.6 Å². The number of nitrogens with one attached hydrogen (secondary N) is 2. The molecule has 2 N–H and O–H groups in total. The standard InChI is InChI=1S/C13H23N5/c1-5-7-16-13(14-2)17-10-11-6-8-15-12(9-11)18(3)4/h6,8-9H,5,7,10H2,1-4H3,(H2,14,16,17). The van der Waals surface area contributed by atoms with Crippen LogP contribution in [0, 0.1) is 0 Å². The summed E-state index contributed by atoms with van der Waals surface area (Å²) in [5.41, 5.74) is 1.19. The van der Waals surface area contributed by atoms with Crippen molar-refractivity contribution in [2.45, 2.75) is 19.9 Å². The predicted molar refractivity (Wildman–Crippen MR) is 77.1 cm³/mol. The highest BCUT2D eigenvalue weighted by molar-refractivity contribution is 5.79. The minimum Gasteiger partial charge on any atom is -0.363 e. The quantitative estimate of drug-likeness (QED) is 0.608. The Morgan fingerprint density at radius 2 is 2.17 bits per heavy atom. The molecule has 0 atom stereocenters. The number of aliphatic imine (C=N–C) groups is 1. The van der Waals surface area contributed by atoms with Gasteiger partial charge >= 0.3 is 0 Å². The Balaban J connectivity index is 2.54. The maximum atomic E-state index is 4.29. The van der Waals surface area contributed by atoms with E-state index in [0.717, 1.165) is 31.3 Å². The van der Waals surface area contributed by atoms with Crippen LogP contribution in [0.2, 0.25) is 0 Å². The Labute approximate surface area is 109 Å². The van der Waals surface area contributed by atoms with E-state index in [4.69, 9.17) is 0 Å². The first-order valence-corrected chi connectivity index (χ1v) is 6.24. The van der Waals surface area contributed by atoms with Crippen molar-refractivity contribution in [3.8, 4) is 0 Å². The van der Waals surface area contributed by atoms with Crippen LogP contribution in [0.3, 0.4) is 0 Å². The van der Waals surface area contributed by atoms with Crippen LogP contribution in [0.25, 0.3) is 0 Å². The molecule has 1 aromatic heterocycles. The Bertz CT molecular complexity index is 387. The van der Waals surface area contributed by atoms with Gasteiger partial charge in [0.1, 0.15) is 5.82 Å². The SMILES string of the molecule is CCCNC(=NC)NCc1ccnc(N(C)C)c1. The van der Waals surface area contributed by atoms with Gasteiger partial charge in [-0.2, -0.15) is 0 Å². The number of aromatic nitrogens is 1. The van der Waals surface area contributed by atoms with Gasteiger partial charge in [-0.05, 0) is 24.1 Å². The molecule has 0 aliphatic heterocycles. The molecule has 100 valence electrons. The molecule has 0 aliphatic carbocycles. The van der Waals surface area contributed by atoms with E-state index >= 15 is 0 Å². The van der Waals surface area contributed by atoms with Crippen LogP contribution in [0.5, 0.6) is 0 Å². The lowest BCUT2D eigenvalue weighted by atomic mass is 10.2. The lowest BCUT2D eigenvalue weighted by molar-refractivity contribution is 0.781. The molecule has 0 aromatic carbocycles. The molecule has 18 heavy (non-hydrogen) atoms. The summed E-state index contributed by atoms with van der Waals surface area (Å²) in [6.45, 7) is 3.80. The van der Waals surface area contributed by atoms with E-state index in [0.29, 0.717) is 0 Å². The molecule has 1 aromatic rings. The second-order valence-electron chi connectivity index (χ2n) is 4.27. The van der Waals surface area contributed by atoms with Crippen LogP contribution in [-0.4, -0.2) is 38.6 Å². The third kappa shape index (κ3) is 4.61. The molecule has 0 amide bonds. The van der Waals surface area contributed by atoms with Crippen molar-refractivity contribution >= 4 is 11.8 Å². The summed E-state index contributed by atoms with van der Waals surface area (Å²) < 4.78 is 0. The summed E-state index contributed by atoms with van der Waals surface area (Å²) in [7, 11) is 5.76. The van der Waals surface area contributed by atoms with Crippen molar-refractivity contribution in [2.75, 3.05) is 32.6 Å². The third-order valence-electron chi connectivity index (χ3n) is 2.49. The van der Waals surface area contributed by atoms with Gasteiger partial charge in [0.2, 0.25) is 0 Å². The largest absolute Gasteiger partial charge is 0.363 e. The smallest absolute Gasteiger partial charge is 0.191 e. The maximum Gasteiger partial charge on any atom is 0.191 e. The normalized spacial score (nSPS) is 11.2. The number of guanidine groups is 1. The molecule has 0 aliphatic rings. The first-order chi connectivity index (χ1) is 8.67. The molecule has 0 spiro atoms. The first-order valence-electron chi connectivity index (χ1n) is 6.24. The van der Waals surface area contributed by atoms with Crippen molar-refractivity contribution in [2.24, 2.45) is 4.99 Å². The van der Waals surface area contributed by atoms with Gasteiger partial charge in [-0.3, -0.25) is 4.99 Å². The number of nitrogens with zero attached hydrogens (tertiary/aromatic N) is 3. The minimum atomic E-state index is 0.743. The molecule has 0 fully saturated rings. The van der Waals surface area contributed by atoms with E-state index in [9.17, 15) is 0 Å². The maximum absolute atomic E-state index is 4.29. The first kappa shape index (κ1) is 14.3. The van der Waals surface area contributed by atoms with E-state index < -0.39 is 0 Å². The highest BCUT2D eigenvalue weighted by atomic mass is 15.2. The molecular weight excluding hydrogens is 226 g/mol. The van der Waals surface area contributed by atoms with E-state index in [2.05, 4.69) is 33.6 Å². The fourth-order valence-corrected chi connectivity index (χ4v) is 1.46.